The van der Waals surface area contributed by atoms with Gasteiger partial charge >= 0.3 is 6.09 Å². The van der Waals surface area contributed by atoms with Crippen molar-refractivity contribution in [2.24, 2.45) is 17.1 Å². The van der Waals surface area contributed by atoms with Crippen molar-refractivity contribution in [1.82, 2.24) is 9.55 Å². The van der Waals surface area contributed by atoms with E-state index in [-0.39, 0.29) is 17.9 Å². The second-order valence-electron chi connectivity index (χ2n) is 8.49. The molecule has 0 aliphatic carbocycles. The lowest BCUT2D eigenvalue weighted by Gasteiger charge is -2.46. The minimum absolute atomic E-state index is 0.0970. The Kier molecular flexibility index (Phi) is 4.77. The van der Waals surface area contributed by atoms with E-state index in [1.807, 2.05) is 36.7 Å². The molecule has 6 heteroatoms. The molecule has 2 atom stereocenters. The lowest BCUT2D eigenvalue weighted by atomic mass is 9.63. The van der Waals surface area contributed by atoms with Gasteiger partial charge in [0, 0.05) is 28.3 Å². The molecule has 1 amide bonds. The number of benzene rings is 2. The van der Waals surface area contributed by atoms with Crippen molar-refractivity contribution in [3.63, 3.8) is 0 Å². The molecule has 2 unspecified atom stereocenters. The Balaban J connectivity index is 2.07. The second kappa shape index (κ2) is 7.02. The van der Waals surface area contributed by atoms with Crippen LogP contribution in [0.2, 0.25) is 0 Å². The Morgan fingerprint density at radius 2 is 1.90 bits per heavy atom. The summed E-state index contributed by atoms with van der Waals surface area (Å²) in [5.41, 5.74) is 7.93. The van der Waals surface area contributed by atoms with E-state index in [0.717, 1.165) is 27.0 Å². The first-order chi connectivity index (χ1) is 13.8. The number of halogens is 1. The van der Waals surface area contributed by atoms with Gasteiger partial charge in [-0.3, -0.25) is 0 Å². The number of carbonyl (C=O) groups excluding carboxylic acids is 1. The van der Waals surface area contributed by atoms with Crippen molar-refractivity contribution >= 4 is 22.0 Å². The molecule has 0 radical (unpaired) electrons. The van der Waals surface area contributed by atoms with Crippen LogP contribution in [0.3, 0.4) is 0 Å². The number of imidazole rings is 1. The number of primary amides is 1. The summed E-state index contributed by atoms with van der Waals surface area (Å²) >= 11 is 3.55. The third-order valence-electron chi connectivity index (χ3n) is 5.83. The van der Waals surface area contributed by atoms with E-state index < -0.39 is 11.6 Å². The van der Waals surface area contributed by atoms with Crippen LogP contribution < -0.4 is 5.73 Å². The highest BCUT2D eigenvalue weighted by atomic mass is 79.9. The molecule has 0 saturated carbocycles. The standard InChI is InChI=1S/C23H24BrN3O2/c1-22(2,3)19(14-29-21(25)28)23(15-8-10-16(24)11-9-15)18-7-5-4-6-17(18)20-26-12-13-27(20)23/h4-13,19H,14H2,1-3H3,(H2,25,28). The highest BCUT2D eigenvalue weighted by molar-refractivity contribution is 9.10. The van der Waals surface area contributed by atoms with Crippen molar-refractivity contribution in [2.75, 3.05) is 6.61 Å². The van der Waals surface area contributed by atoms with Crippen LogP contribution >= 0.6 is 15.9 Å². The molecule has 1 aliphatic heterocycles. The molecule has 0 spiro atoms. The fourth-order valence-corrected chi connectivity index (χ4v) is 4.91. The zero-order valence-corrected chi connectivity index (χ0v) is 18.3. The van der Waals surface area contributed by atoms with Crippen LogP contribution in [0.15, 0.2) is 65.4 Å². The first-order valence-electron chi connectivity index (χ1n) is 9.58. The average Bonchev–Trinajstić information content (AvgIpc) is 3.23. The molecule has 4 rings (SSSR count). The van der Waals surface area contributed by atoms with Gasteiger partial charge in [-0.25, -0.2) is 9.78 Å². The lowest BCUT2D eigenvalue weighted by Crippen LogP contribution is -2.49. The number of fused-ring (bicyclic) bond motifs is 3. The summed E-state index contributed by atoms with van der Waals surface area (Å²) in [7, 11) is 0. The average molecular weight is 454 g/mol. The number of rotatable bonds is 4. The third-order valence-corrected chi connectivity index (χ3v) is 6.35. The number of amides is 1. The highest BCUT2D eigenvalue weighted by Gasteiger charge is 2.54. The van der Waals surface area contributed by atoms with Gasteiger partial charge in [-0.1, -0.05) is 73.1 Å². The topological polar surface area (TPSA) is 70.1 Å². The van der Waals surface area contributed by atoms with E-state index >= 15 is 0 Å². The first kappa shape index (κ1) is 19.7. The monoisotopic (exact) mass is 453 g/mol. The van der Waals surface area contributed by atoms with Crippen LogP contribution in [-0.4, -0.2) is 22.3 Å². The quantitative estimate of drug-likeness (QED) is 0.591. The molecular formula is C23H24BrN3O2. The summed E-state index contributed by atoms with van der Waals surface area (Å²) in [6.45, 7) is 6.70. The molecule has 0 fully saturated rings. The molecule has 29 heavy (non-hydrogen) atoms. The zero-order valence-electron chi connectivity index (χ0n) is 16.7. The van der Waals surface area contributed by atoms with Crippen LogP contribution in [-0.2, 0) is 10.3 Å². The van der Waals surface area contributed by atoms with Crippen LogP contribution in [0.1, 0.15) is 31.9 Å². The Morgan fingerprint density at radius 1 is 1.21 bits per heavy atom. The van der Waals surface area contributed by atoms with Gasteiger partial charge in [0.2, 0.25) is 0 Å². The van der Waals surface area contributed by atoms with E-state index in [1.165, 1.54) is 0 Å². The molecule has 2 heterocycles. The predicted octanol–water partition coefficient (Wildman–Crippen LogP) is 5.18. The summed E-state index contributed by atoms with van der Waals surface area (Å²) < 4.78 is 8.65. The number of nitrogens with zero attached hydrogens (tertiary/aromatic N) is 2. The molecule has 1 aromatic heterocycles. The molecule has 2 N–H and O–H groups in total. The largest absolute Gasteiger partial charge is 0.449 e. The number of carbonyl (C=O) groups is 1. The number of ether oxygens (including phenoxy) is 1. The van der Waals surface area contributed by atoms with Gasteiger partial charge in [0.15, 0.2) is 0 Å². The van der Waals surface area contributed by atoms with E-state index in [0.29, 0.717) is 0 Å². The fraction of sp³-hybridized carbons (Fsp3) is 0.304. The molecule has 1 aliphatic rings. The van der Waals surface area contributed by atoms with Crippen molar-refractivity contribution < 1.29 is 9.53 Å². The highest BCUT2D eigenvalue weighted by Crippen LogP contribution is 2.55. The van der Waals surface area contributed by atoms with E-state index in [9.17, 15) is 4.79 Å². The summed E-state index contributed by atoms with van der Waals surface area (Å²) in [6.07, 6.45) is 3.08. The maximum atomic E-state index is 11.5. The molecule has 5 nitrogen and oxygen atoms in total. The van der Waals surface area contributed by atoms with Gasteiger partial charge in [-0.2, -0.15) is 0 Å². The normalized spacial score (nSPS) is 18.8. The van der Waals surface area contributed by atoms with E-state index in [4.69, 9.17) is 10.5 Å². The van der Waals surface area contributed by atoms with E-state index in [1.54, 1.807) is 0 Å². The van der Waals surface area contributed by atoms with Crippen LogP contribution in [0.25, 0.3) is 11.4 Å². The Hall–Kier alpha value is -2.60. The number of aromatic nitrogens is 2. The maximum absolute atomic E-state index is 11.5. The molecule has 2 aromatic carbocycles. The minimum Gasteiger partial charge on any atom is -0.449 e. The SMILES string of the molecule is CC(C)(C)C(COC(N)=O)C1(c2ccc(Br)cc2)c2ccccc2-c2nccn21. The third kappa shape index (κ3) is 3.06. The van der Waals surface area contributed by atoms with E-state index in [2.05, 4.69) is 70.5 Å². The van der Waals surface area contributed by atoms with Gasteiger partial charge in [0.05, 0.1) is 6.61 Å². The summed E-state index contributed by atoms with van der Waals surface area (Å²) in [4.78, 5) is 16.2. The smallest absolute Gasteiger partial charge is 0.404 e. The predicted molar refractivity (Wildman–Crippen MR) is 116 cm³/mol. The van der Waals surface area contributed by atoms with Crippen LogP contribution in [0.5, 0.6) is 0 Å². The van der Waals surface area contributed by atoms with Crippen molar-refractivity contribution in [3.05, 3.63) is 76.5 Å². The number of hydrogen-bond donors (Lipinski definition) is 1. The Labute approximate surface area is 179 Å². The summed E-state index contributed by atoms with van der Waals surface area (Å²) in [5.74, 6) is 0.817. The Bertz CT molecular complexity index is 1050. The van der Waals surface area contributed by atoms with Crippen LogP contribution in [0, 0.1) is 11.3 Å². The number of hydrogen-bond acceptors (Lipinski definition) is 3. The summed E-state index contributed by atoms with van der Waals surface area (Å²) in [5, 5.41) is 0. The lowest BCUT2D eigenvalue weighted by molar-refractivity contribution is 0.0482. The van der Waals surface area contributed by atoms with Gasteiger partial charge in [0.1, 0.15) is 11.4 Å². The summed E-state index contributed by atoms with van der Waals surface area (Å²) in [6, 6.07) is 16.7. The van der Waals surface area contributed by atoms with Gasteiger partial charge < -0.3 is 15.0 Å². The molecule has 0 saturated heterocycles. The molecule has 0 bridgehead atoms. The zero-order chi connectivity index (χ0) is 20.8. The van der Waals surface area contributed by atoms with Gasteiger partial charge in [0.25, 0.3) is 0 Å². The molecule has 150 valence electrons. The van der Waals surface area contributed by atoms with Crippen molar-refractivity contribution in [2.45, 2.75) is 26.3 Å². The van der Waals surface area contributed by atoms with Crippen molar-refractivity contribution in [1.29, 1.82) is 0 Å². The second-order valence-corrected chi connectivity index (χ2v) is 9.40. The Morgan fingerprint density at radius 3 is 2.55 bits per heavy atom. The fourth-order valence-electron chi connectivity index (χ4n) is 4.65. The van der Waals surface area contributed by atoms with Crippen LogP contribution in [0.4, 0.5) is 4.79 Å². The van der Waals surface area contributed by atoms with Gasteiger partial charge in [-0.15, -0.1) is 0 Å². The molecular weight excluding hydrogens is 430 g/mol. The number of nitrogens with two attached hydrogens (primary N) is 1. The maximum Gasteiger partial charge on any atom is 0.404 e. The minimum atomic E-state index is -0.762. The first-order valence-corrected chi connectivity index (χ1v) is 10.4. The molecule has 3 aromatic rings. The van der Waals surface area contributed by atoms with Gasteiger partial charge in [-0.05, 0) is 28.7 Å². The van der Waals surface area contributed by atoms with Crippen molar-refractivity contribution in [3.8, 4) is 11.4 Å².